The van der Waals surface area contributed by atoms with E-state index in [1.165, 1.54) is 18.2 Å². The first-order valence-electron chi connectivity index (χ1n) is 6.98. The van der Waals surface area contributed by atoms with Crippen molar-refractivity contribution in [1.29, 1.82) is 0 Å². The lowest BCUT2D eigenvalue weighted by Crippen LogP contribution is -2.15. The topological polar surface area (TPSA) is 86.6 Å². The fourth-order valence-corrected chi connectivity index (χ4v) is 2.57. The molecule has 2 aromatic rings. The number of amides is 1. The molecule has 2 atom stereocenters. The van der Waals surface area contributed by atoms with Crippen molar-refractivity contribution >= 4 is 17.6 Å². The normalized spacial score (nSPS) is 19.5. The first-order chi connectivity index (χ1) is 10.6. The van der Waals surface area contributed by atoms with Crippen LogP contribution in [0, 0.1) is 5.92 Å². The van der Waals surface area contributed by atoms with Crippen LogP contribution in [0.25, 0.3) is 0 Å². The van der Waals surface area contributed by atoms with E-state index in [9.17, 15) is 14.7 Å². The van der Waals surface area contributed by atoms with Gasteiger partial charge in [0.05, 0.1) is 0 Å². The van der Waals surface area contributed by atoms with Crippen LogP contribution in [-0.4, -0.2) is 22.1 Å². The molecular formula is C17H15NO4. The number of hydrogen-bond donors (Lipinski definition) is 3. The molecule has 0 aliphatic heterocycles. The molecule has 1 aliphatic rings. The Morgan fingerprint density at radius 2 is 1.82 bits per heavy atom. The number of carboxylic acid groups (broad SMARTS) is 1. The van der Waals surface area contributed by atoms with Crippen molar-refractivity contribution in [3.63, 3.8) is 0 Å². The molecule has 2 aromatic carbocycles. The summed E-state index contributed by atoms with van der Waals surface area (Å²) >= 11 is 0. The van der Waals surface area contributed by atoms with Crippen molar-refractivity contribution < 1.29 is 19.8 Å². The molecule has 3 rings (SSSR count). The van der Waals surface area contributed by atoms with Gasteiger partial charge in [-0.1, -0.05) is 30.3 Å². The minimum Gasteiger partial charge on any atom is -0.507 e. The zero-order valence-electron chi connectivity index (χ0n) is 11.7. The van der Waals surface area contributed by atoms with Gasteiger partial charge in [0.2, 0.25) is 5.91 Å². The quantitative estimate of drug-likeness (QED) is 0.757. The van der Waals surface area contributed by atoms with E-state index in [0.29, 0.717) is 5.69 Å². The molecule has 5 heteroatoms. The van der Waals surface area contributed by atoms with Gasteiger partial charge in [0.15, 0.2) is 0 Å². The fourth-order valence-electron chi connectivity index (χ4n) is 2.57. The average Bonchev–Trinajstić information content (AvgIpc) is 3.30. The van der Waals surface area contributed by atoms with Crippen molar-refractivity contribution in [3.8, 4) is 5.75 Å². The maximum Gasteiger partial charge on any atom is 0.339 e. The van der Waals surface area contributed by atoms with Gasteiger partial charge in [-0.2, -0.15) is 0 Å². The minimum atomic E-state index is -1.23. The van der Waals surface area contributed by atoms with Gasteiger partial charge in [0, 0.05) is 11.6 Å². The van der Waals surface area contributed by atoms with Gasteiger partial charge in [0.25, 0.3) is 0 Å². The number of carboxylic acids is 1. The summed E-state index contributed by atoms with van der Waals surface area (Å²) in [6.07, 6.45) is 0.791. The summed E-state index contributed by atoms with van der Waals surface area (Å²) in [5.41, 5.74) is 1.28. The lowest BCUT2D eigenvalue weighted by atomic mass is 10.1. The van der Waals surface area contributed by atoms with Crippen LogP contribution in [0.15, 0.2) is 48.5 Å². The molecule has 0 radical (unpaired) electrons. The summed E-state index contributed by atoms with van der Waals surface area (Å²) < 4.78 is 0. The van der Waals surface area contributed by atoms with Crippen LogP contribution in [0.3, 0.4) is 0 Å². The van der Waals surface area contributed by atoms with Crippen molar-refractivity contribution in [2.24, 2.45) is 5.92 Å². The van der Waals surface area contributed by atoms with E-state index in [1.54, 1.807) is 0 Å². The molecule has 22 heavy (non-hydrogen) atoms. The van der Waals surface area contributed by atoms with Gasteiger partial charge in [-0.15, -0.1) is 0 Å². The van der Waals surface area contributed by atoms with Crippen LogP contribution in [0.2, 0.25) is 0 Å². The largest absolute Gasteiger partial charge is 0.507 e. The molecule has 1 amide bonds. The van der Waals surface area contributed by atoms with Crippen molar-refractivity contribution in [2.45, 2.75) is 12.3 Å². The highest BCUT2D eigenvalue weighted by Gasteiger charge is 2.43. The van der Waals surface area contributed by atoms with E-state index in [1.807, 2.05) is 30.3 Å². The highest BCUT2D eigenvalue weighted by molar-refractivity contribution is 5.97. The number of phenols is 1. The zero-order chi connectivity index (χ0) is 15.7. The molecule has 1 aliphatic carbocycles. The Hall–Kier alpha value is -2.82. The molecule has 0 spiro atoms. The molecule has 5 nitrogen and oxygen atoms in total. The molecule has 112 valence electrons. The molecule has 0 unspecified atom stereocenters. The number of rotatable bonds is 4. The van der Waals surface area contributed by atoms with E-state index in [4.69, 9.17) is 5.11 Å². The monoisotopic (exact) mass is 297 g/mol. The van der Waals surface area contributed by atoms with Crippen LogP contribution in [0.4, 0.5) is 5.69 Å². The Labute approximate surface area is 127 Å². The second kappa shape index (κ2) is 5.52. The van der Waals surface area contributed by atoms with Crippen LogP contribution in [-0.2, 0) is 4.79 Å². The van der Waals surface area contributed by atoms with Gasteiger partial charge in [0.1, 0.15) is 11.3 Å². The first kappa shape index (κ1) is 14.1. The van der Waals surface area contributed by atoms with Gasteiger partial charge < -0.3 is 15.5 Å². The summed E-state index contributed by atoms with van der Waals surface area (Å²) in [4.78, 5) is 23.2. The number of carbonyl (C=O) groups excluding carboxylic acids is 1. The number of nitrogens with one attached hydrogen (secondary N) is 1. The van der Waals surface area contributed by atoms with Crippen molar-refractivity contribution in [3.05, 3.63) is 59.7 Å². The summed E-state index contributed by atoms with van der Waals surface area (Å²) in [5.74, 6) is -1.56. The molecule has 3 N–H and O–H groups in total. The summed E-state index contributed by atoms with van der Waals surface area (Å²) in [6, 6.07) is 13.8. The lowest BCUT2D eigenvalue weighted by molar-refractivity contribution is -0.117. The SMILES string of the molecule is O=C(O)c1cc(NC(=O)[C@@H]2C[C@@H]2c2ccccc2)ccc1O. The second-order valence-corrected chi connectivity index (χ2v) is 5.39. The third-order valence-corrected chi connectivity index (χ3v) is 3.85. The first-order valence-corrected chi connectivity index (χ1v) is 6.98. The number of benzene rings is 2. The van der Waals surface area contributed by atoms with Crippen molar-refractivity contribution in [2.75, 3.05) is 5.32 Å². The predicted octanol–water partition coefficient (Wildman–Crippen LogP) is 2.83. The number of hydrogen-bond acceptors (Lipinski definition) is 3. The Morgan fingerprint density at radius 1 is 1.09 bits per heavy atom. The Balaban J connectivity index is 1.69. The molecule has 0 heterocycles. The van der Waals surface area contributed by atoms with E-state index in [0.717, 1.165) is 12.0 Å². The maximum absolute atomic E-state index is 12.2. The molecule has 1 fully saturated rings. The summed E-state index contributed by atoms with van der Waals surface area (Å²) in [6.45, 7) is 0. The standard InChI is InChI=1S/C17H15NO4/c19-15-7-6-11(8-14(15)17(21)22)18-16(20)13-9-12(13)10-4-2-1-3-5-10/h1-8,12-13,19H,9H2,(H,18,20)(H,21,22)/t12-,13-/m1/s1. The van der Waals surface area contributed by atoms with Crippen LogP contribution in [0.5, 0.6) is 5.75 Å². The summed E-state index contributed by atoms with van der Waals surface area (Å²) in [5, 5.41) is 21.1. The van der Waals surface area contributed by atoms with Gasteiger partial charge in [-0.3, -0.25) is 4.79 Å². The third-order valence-electron chi connectivity index (χ3n) is 3.85. The van der Waals surface area contributed by atoms with Gasteiger partial charge >= 0.3 is 5.97 Å². The Kier molecular flexibility index (Phi) is 3.55. The highest BCUT2D eigenvalue weighted by atomic mass is 16.4. The maximum atomic E-state index is 12.2. The van der Waals surface area contributed by atoms with E-state index >= 15 is 0 Å². The number of aromatic carboxylic acids is 1. The molecular weight excluding hydrogens is 282 g/mol. The van der Waals surface area contributed by atoms with E-state index < -0.39 is 5.97 Å². The van der Waals surface area contributed by atoms with Gasteiger partial charge in [-0.05, 0) is 36.1 Å². The molecule has 0 saturated heterocycles. The fraction of sp³-hybridized carbons (Fsp3) is 0.176. The lowest BCUT2D eigenvalue weighted by Gasteiger charge is -2.07. The highest BCUT2D eigenvalue weighted by Crippen LogP contribution is 2.47. The van der Waals surface area contributed by atoms with Crippen LogP contribution >= 0.6 is 0 Å². The number of aromatic hydroxyl groups is 1. The predicted molar refractivity (Wildman–Crippen MR) is 81.0 cm³/mol. The Morgan fingerprint density at radius 3 is 2.50 bits per heavy atom. The van der Waals surface area contributed by atoms with E-state index in [-0.39, 0.29) is 29.1 Å². The third kappa shape index (κ3) is 2.79. The smallest absolute Gasteiger partial charge is 0.339 e. The summed E-state index contributed by atoms with van der Waals surface area (Å²) in [7, 11) is 0. The van der Waals surface area contributed by atoms with Crippen molar-refractivity contribution in [1.82, 2.24) is 0 Å². The van der Waals surface area contributed by atoms with Crippen LogP contribution < -0.4 is 5.32 Å². The zero-order valence-corrected chi connectivity index (χ0v) is 11.7. The number of anilines is 1. The van der Waals surface area contributed by atoms with E-state index in [2.05, 4.69) is 5.32 Å². The number of carbonyl (C=O) groups is 2. The molecule has 0 aromatic heterocycles. The molecule has 0 bridgehead atoms. The average molecular weight is 297 g/mol. The minimum absolute atomic E-state index is 0.0931. The Bertz CT molecular complexity index is 727. The second-order valence-electron chi connectivity index (χ2n) is 5.39. The van der Waals surface area contributed by atoms with Gasteiger partial charge in [-0.25, -0.2) is 4.79 Å². The molecule has 1 saturated carbocycles. The van der Waals surface area contributed by atoms with Crippen LogP contribution in [0.1, 0.15) is 28.3 Å².